The molecule has 4 atom stereocenters. The van der Waals surface area contributed by atoms with Crippen LogP contribution in [0.25, 0.3) is 0 Å². The fraction of sp³-hybridized carbons (Fsp3) is 1.00. The van der Waals surface area contributed by atoms with Crippen LogP contribution in [0.3, 0.4) is 0 Å². The quantitative estimate of drug-likeness (QED) is 0.567. The zero-order valence-corrected chi connectivity index (χ0v) is 7.64. The number of aliphatic hydroxyl groups excluding tert-OH is 2. The molecule has 2 N–H and O–H groups in total. The van der Waals surface area contributed by atoms with Gasteiger partial charge < -0.3 is 24.4 Å². The molecule has 0 spiro atoms. The molecule has 0 aromatic carbocycles. The fourth-order valence-electron chi connectivity index (χ4n) is 1.71. The second-order valence-corrected chi connectivity index (χ2v) is 3.82. The van der Waals surface area contributed by atoms with Crippen molar-refractivity contribution in [2.24, 2.45) is 0 Å². The first kappa shape index (κ1) is 9.36. The summed E-state index contributed by atoms with van der Waals surface area (Å²) < 4.78 is 16.0. The molecule has 2 heterocycles. The average Bonchev–Trinajstić information content (AvgIpc) is 2.47. The van der Waals surface area contributed by atoms with Crippen molar-refractivity contribution in [3.05, 3.63) is 0 Å². The van der Waals surface area contributed by atoms with Crippen molar-refractivity contribution in [2.45, 2.75) is 44.2 Å². The van der Waals surface area contributed by atoms with Crippen molar-refractivity contribution in [1.29, 1.82) is 0 Å². The fourth-order valence-corrected chi connectivity index (χ4v) is 1.71. The van der Waals surface area contributed by atoms with Gasteiger partial charge >= 0.3 is 0 Å². The van der Waals surface area contributed by atoms with E-state index in [9.17, 15) is 5.11 Å². The SMILES string of the molecule is CC1(C)O[C@@H]2O[C@@H](CO)[C@@H](O)[C@@H]2O1. The van der Waals surface area contributed by atoms with Gasteiger partial charge in [0.25, 0.3) is 0 Å². The number of rotatable bonds is 1. The highest BCUT2D eigenvalue weighted by Gasteiger charge is 2.53. The van der Waals surface area contributed by atoms with E-state index in [1.54, 1.807) is 13.8 Å². The number of aliphatic hydroxyl groups is 2. The first-order valence-corrected chi connectivity index (χ1v) is 4.33. The van der Waals surface area contributed by atoms with E-state index in [2.05, 4.69) is 0 Å². The Bertz CT molecular complexity index is 205. The maximum atomic E-state index is 9.60. The van der Waals surface area contributed by atoms with E-state index in [1.165, 1.54) is 0 Å². The predicted molar refractivity (Wildman–Crippen MR) is 41.8 cm³/mol. The van der Waals surface area contributed by atoms with Crippen LogP contribution < -0.4 is 0 Å². The van der Waals surface area contributed by atoms with E-state index in [1.807, 2.05) is 0 Å². The third kappa shape index (κ3) is 1.47. The molecule has 76 valence electrons. The molecule has 0 radical (unpaired) electrons. The minimum Gasteiger partial charge on any atom is -0.394 e. The van der Waals surface area contributed by atoms with Crippen LogP contribution in [0.4, 0.5) is 0 Å². The Morgan fingerprint density at radius 2 is 2.00 bits per heavy atom. The minimum atomic E-state index is -0.809. The summed E-state index contributed by atoms with van der Waals surface area (Å²) in [5.41, 5.74) is 0. The summed E-state index contributed by atoms with van der Waals surface area (Å²) in [6.07, 6.45) is -2.43. The van der Waals surface area contributed by atoms with E-state index in [4.69, 9.17) is 19.3 Å². The molecule has 2 saturated heterocycles. The summed E-state index contributed by atoms with van der Waals surface area (Å²) in [5.74, 6) is -0.712. The van der Waals surface area contributed by atoms with Crippen LogP contribution >= 0.6 is 0 Å². The Labute approximate surface area is 76.2 Å². The molecule has 0 bridgehead atoms. The van der Waals surface area contributed by atoms with Gasteiger partial charge in [0.1, 0.15) is 18.3 Å². The Hall–Kier alpha value is -0.200. The molecule has 0 unspecified atom stereocenters. The van der Waals surface area contributed by atoms with E-state index in [-0.39, 0.29) is 6.61 Å². The van der Waals surface area contributed by atoms with Crippen molar-refractivity contribution in [1.82, 2.24) is 0 Å². The molecular formula is C8H14O5. The highest BCUT2D eigenvalue weighted by Crippen LogP contribution is 2.36. The van der Waals surface area contributed by atoms with E-state index < -0.39 is 30.4 Å². The largest absolute Gasteiger partial charge is 0.394 e. The van der Waals surface area contributed by atoms with E-state index in [0.717, 1.165) is 0 Å². The van der Waals surface area contributed by atoms with Crippen molar-refractivity contribution < 1.29 is 24.4 Å². The van der Waals surface area contributed by atoms with Crippen LogP contribution in [0.1, 0.15) is 13.8 Å². The lowest BCUT2D eigenvalue weighted by Crippen LogP contribution is -2.36. The van der Waals surface area contributed by atoms with Gasteiger partial charge in [-0.1, -0.05) is 0 Å². The molecule has 0 aromatic heterocycles. The van der Waals surface area contributed by atoms with Crippen molar-refractivity contribution in [3.8, 4) is 0 Å². The molecular weight excluding hydrogens is 176 g/mol. The van der Waals surface area contributed by atoms with Crippen molar-refractivity contribution in [2.75, 3.05) is 6.61 Å². The predicted octanol–water partition coefficient (Wildman–Crippen LogP) is -0.784. The maximum absolute atomic E-state index is 9.60. The van der Waals surface area contributed by atoms with Gasteiger partial charge in [0.15, 0.2) is 12.1 Å². The molecule has 13 heavy (non-hydrogen) atoms. The molecule has 0 amide bonds. The van der Waals surface area contributed by atoms with Gasteiger partial charge in [-0.3, -0.25) is 0 Å². The van der Waals surface area contributed by atoms with Crippen LogP contribution in [-0.4, -0.2) is 47.2 Å². The van der Waals surface area contributed by atoms with Crippen LogP contribution in [-0.2, 0) is 14.2 Å². The molecule has 0 saturated carbocycles. The van der Waals surface area contributed by atoms with Crippen LogP contribution in [0.5, 0.6) is 0 Å². The van der Waals surface area contributed by atoms with Gasteiger partial charge in [-0.25, -0.2) is 0 Å². The summed E-state index contributed by atoms with van der Waals surface area (Å²) in [6.45, 7) is 3.30. The topological polar surface area (TPSA) is 68.2 Å². The average molecular weight is 190 g/mol. The standard InChI is InChI=1S/C8H14O5/c1-8(2)12-6-5(10)4(3-9)11-7(6)13-8/h4-7,9-10H,3H2,1-2H3/t4-,5+,6-,7-/m0/s1. The Morgan fingerprint density at radius 3 is 2.54 bits per heavy atom. The molecule has 2 aliphatic heterocycles. The summed E-state index contributed by atoms with van der Waals surface area (Å²) in [7, 11) is 0. The molecule has 2 rings (SSSR count). The molecule has 2 aliphatic rings. The van der Waals surface area contributed by atoms with Gasteiger partial charge in [-0.15, -0.1) is 0 Å². The summed E-state index contributed by atoms with van der Waals surface area (Å²) in [4.78, 5) is 0. The van der Waals surface area contributed by atoms with Crippen LogP contribution in [0, 0.1) is 0 Å². The van der Waals surface area contributed by atoms with Crippen LogP contribution in [0.15, 0.2) is 0 Å². The third-order valence-electron chi connectivity index (χ3n) is 2.29. The first-order chi connectivity index (χ1) is 6.03. The van der Waals surface area contributed by atoms with Gasteiger partial charge in [0.2, 0.25) is 0 Å². The zero-order chi connectivity index (χ0) is 9.64. The molecule has 0 aliphatic carbocycles. The van der Waals surface area contributed by atoms with E-state index >= 15 is 0 Å². The van der Waals surface area contributed by atoms with E-state index in [0.29, 0.717) is 0 Å². The smallest absolute Gasteiger partial charge is 0.190 e. The summed E-state index contributed by atoms with van der Waals surface area (Å²) in [6, 6.07) is 0. The lowest BCUT2D eigenvalue weighted by Gasteiger charge is -2.21. The summed E-state index contributed by atoms with van der Waals surface area (Å²) in [5, 5.41) is 18.4. The number of fused-ring (bicyclic) bond motifs is 1. The number of hydrogen-bond acceptors (Lipinski definition) is 5. The maximum Gasteiger partial charge on any atom is 0.190 e. The zero-order valence-electron chi connectivity index (χ0n) is 7.64. The van der Waals surface area contributed by atoms with Crippen molar-refractivity contribution in [3.63, 3.8) is 0 Å². The normalized spacial score (nSPS) is 48.0. The Balaban J connectivity index is 2.07. The monoisotopic (exact) mass is 190 g/mol. The summed E-state index contributed by atoms with van der Waals surface area (Å²) >= 11 is 0. The molecule has 5 heteroatoms. The second-order valence-electron chi connectivity index (χ2n) is 3.82. The lowest BCUT2D eigenvalue weighted by atomic mass is 10.1. The molecule has 5 nitrogen and oxygen atoms in total. The number of hydrogen-bond donors (Lipinski definition) is 2. The highest BCUT2D eigenvalue weighted by molar-refractivity contribution is 4.92. The Morgan fingerprint density at radius 1 is 1.31 bits per heavy atom. The van der Waals surface area contributed by atoms with Gasteiger partial charge in [0, 0.05) is 0 Å². The van der Waals surface area contributed by atoms with Gasteiger partial charge in [-0.05, 0) is 13.8 Å². The molecule has 2 fully saturated rings. The second kappa shape index (κ2) is 2.90. The third-order valence-corrected chi connectivity index (χ3v) is 2.29. The Kier molecular flexibility index (Phi) is 2.08. The lowest BCUT2D eigenvalue weighted by molar-refractivity contribution is -0.218. The van der Waals surface area contributed by atoms with Crippen molar-refractivity contribution >= 4 is 0 Å². The molecule has 0 aromatic rings. The van der Waals surface area contributed by atoms with Gasteiger partial charge in [-0.2, -0.15) is 0 Å². The highest BCUT2D eigenvalue weighted by atomic mass is 16.8. The number of ether oxygens (including phenoxy) is 3. The first-order valence-electron chi connectivity index (χ1n) is 4.33. The minimum absolute atomic E-state index is 0.221. The van der Waals surface area contributed by atoms with Crippen LogP contribution in [0.2, 0.25) is 0 Å². The van der Waals surface area contributed by atoms with Gasteiger partial charge in [0.05, 0.1) is 6.61 Å².